The number of hydrogen-bond acceptors (Lipinski definition) is 3. The van der Waals surface area contributed by atoms with Crippen LogP contribution in [0, 0.1) is 18.7 Å². The highest BCUT2D eigenvalue weighted by Gasteiger charge is 2.30. The molecule has 0 saturated carbocycles. The molecule has 0 spiro atoms. The molecule has 1 N–H and O–H groups in total. The molecule has 3 aromatic carbocycles. The summed E-state index contributed by atoms with van der Waals surface area (Å²) in [6.45, 7) is 6.63. The third-order valence-electron chi connectivity index (χ3n) is 5.87. The molecule has 6 heteroatoms. The SMILES string of the molecule is Cc1ccc(CSCC(=O)N(Cc2ccccc2F)C(Cc2ccccc2)C(=O)NCC(C)C)cc1. The Morgan fingerprint density at radius 3 is 2.25 bits per heavy atom. The Balaban J connectivity index is 1.84. The van der Waals surface area contributed by atoms with E-state index in [1.165, 1.54) is 23.4 Å². The lowest BCUT2D eigenvalue weighted by Gasteiger charge is -2.32. The highest BCUT2D eigenvalue weighted by atomic mass is 32.2. The van der Waals surface area contributed by atoms with Crippen molar-refractivity contribution in [3.05, 3.63) is 107 Å². The van der Waals surface area contributed by atoms with Crippen molar-refractivity contribution in [2.45, 2.75) is 45.5 Å². The van der Waals surface area contributed by atoms with E-state index >= 15 is 0 Å². The number of carbonyl (C=O) groups excluding carboxylic acids is 2. The lowest BCUT2D eigenvalue weighted by Crippen LogP contribution is -2.51. The maximum Gasteiger partial charge on any atom is 0.243 e. The van der Waals surface area contributed by atoms with Crippen molar-refractivity contribution in [2.75, 3.05) is 12.3 Å². The maximum atomic E-state index is 14.6. The number of nitrogens with zero attached hydrogens (tertiary/aromatic N) is 1. The third-order valence-corrected chi connectivity index (χ3v) is 6.86. The first-order chi connectivity index (χ1) is 17.3. The number of halogens is 1. The van der Waals surface area contributed by atoms with Gasteiger partial charge in [0.1, 0.15) is 11.9 Å². The number of carbonyl (C=O) groups is 2. The van der Waals surface area contributed by atoms with Gasteiger partial charge in [-0.15, -0.1) is 11.8 Å². The second-order valence-corrected chi connectivity index (χ2v) is 10.4. The van der Waals surface area contributed by atoms with E-state index in [2.05, 4.69) is 29.6 Å². The van der Waals surface area contributed by atoms with Crippen LogP contribution in [0.5, 0.6) is 0 Å². The van der Waals surface area contributed by atoms with Crippen molar-refractivity contribution in [3.8, 4) is 0 Å². The molecule has 0 aliphatic rings. The van der Waals surface area contributed by atoms with Crippen LogP contribution in [0.15, 0.2) is 78.9 Å². The number of nitrogens with one attached hydrogen (secondary N) is 1. The summed E-state index contributed by atoms with van der Waals surface area (Å²) in [7, 11) is 0. The molecule has 1 unspecified atom stereocenters. The predicted molar refractivity (Wildman–Crippen MR) is 146 cm³/mol. The van der Waals surface area contributed by atoms with Gasteiger partial charge in [-0.25, -0.2) is 4.39 Å². The van der Waals surface area contributed by atoms with Gasteiger partial charge in [0.05, 0.1) is 5.75 Å². The van der Waals surface area contributed by atoms with Crippen molar-refractivity contribution in [1.29, 1.82) is 0 Å². The average molecular weight is 507 g/mol. The fourth-order valence-corrected chi connectivity index (χ4v) is 4.68. The van der Waals surface area contributed by atoms with E-state index in [0.717, 1.165) is 11.1 Å². The molecule has 3 aromatic rings. The summed E-state index contributed by atoms with van der Waals surface area (Å²) in [6.07, 6.45) is 0.355. The molecule has 1 atom stereocenters. The minimum absolute atomic E-state index is 0.0309. The van der Waals surface area contributed by atoms with Crippen LogP contribution in [-0.2, 0) is 28.3 Å². The van der Waals surface area contributed by atoms with Gasteiger partial charge in [0.25, 0.3) is 0 Å². The van der Waals surface area contributed by atoms with E-state index in [9.17, 15) is 14.0 Å². The number of benzene rings is 3. The Hall–Kier alpha value is -3.12. The van der Waals surface area contributed by atoms with Crippen LogP contribution in [0.3, 0.4) is 0 Å². The van der Waals surface area contributed by atoms with Crippen LogP contribution in [0.1, 0.15) is 36.1 Å². The first-order valence-corrected chi connectivity index (χ1v) is 13.5. The zero-order chi connectivity index (χ0) is 25.9. The second kappa shape index (κ2) is 13.8. The zero-order valence-corrected chi connectivity index (χ0v) is 22.1. The molecule has 36 heavy (non-hydrogen) atoms. The molecule has 0 heterocycles. The molecule has 0 saturated heterocycles. The minimum atomic E-state index is -0.752. The van der Waals surface area contributed by atoms with E-state index in [-0.39, 0.29) is 35.8 Å². The van der Waals surface area contributed by atoms with Crippen molar-refractivity contribution < 1.29 is 14.0 Å². The third kappa shape index (κ3) is 8.52. The van der Waals surface area contributed by atoms with Gasteiger partial charge in [-0.2, -0.15) is 0 Å². The van der Waals surface area contributed by atoms with E-state index in [1.54, 1.807) is 23.1 Å². The van der Waals surface area contributed by atoms with E-state index in [1.807, 2.05) is 51.1 Å². The molecule has 0 aliphatic heterocycles. The normalized spacial score (nSPS) is 11.8. The summed E-state index contributed by atoms with van der Waals surface area (Å²) in [4.78, 5) is 28.5. The zero-order valence-electron chi connectivity index (χ0n) is 21.2. The Morgan fingerprint density at radius 2 is 1.58 bits per heavy atom. The molecular formula is C30H35FN2O2S. The number of aryl methyl sites for hydroxylation is 1. The lowest BCUT2D eigenvalue weighted by molar-refractivity contribution is -0.139. The standard InChI is InChI=1S/C30H35FN2O2S/c1-22(2)18-32-30(35)28(17-24-9-5-4-6-10-24)33(19-26-11-7-8-12-27(26)31)29(34)21-36-20-25-15-13-23(3)14-16-25/h4-16,22,28H,17-21H2,1-3H3,(H,32,35). The summed E-state index contributed by atoms with van der Waals surface area (Å²) >= 11 is 1.50. The first kappa shape index (κ1) is 27.5. The van der Waals surface area contributed by atoms with Crippen LogP contribution in [0.4, 0.5) is 4.39 Å². The molecule has 190 valence electrons. The van der Waals surface area contributed by atoms with Gasteiger partial charge in [-0.3, -0.25) is 9.59 Å². The number of thioether (sulfide) groups is 1. The van der Waals surface area contributed by atoms with Crippen LogP contribution >= 0.6 is 11.8 Å². The molecule has 0 bridgehead atoms. The number of amides is 2. The van der Waals surface area contributed by atoms with E-state index in [4.69, 9.17) is 0 Å². The topological polar surface area (TPSA) is 49.4 Å². The smallest absolute Gasteiger partial charge is 0.243 e. The quantitative estimate of drug-likeness (QED) is 0.339. The van der Waals surface area contributed by atoms with E-state index in [0.29, 0.717) is 24.3 Å². The molecular weight excluding hydrogens is 471 g/mol. The Bertz CT molecular complexity index is 1120. The van der Waals surface area contributed by atoms with Crippen LogP contribution < -0.4 is 5.32 Å². The molecule has 0 aliphatic carbocycles. The molecule has 0 aromatic heterocycles. The average Bonchev–Trinajstić information content (AvgIpc) is 2.87. The van der Waals surface area contributed by atoms with Gasteiger partial charge >= 0.3 is 0 Å². The highest BCUT2D eigenvalue weighted by molar-refractivity contribution is 7.99. The van der Waals surface area contributed by atoms with Gasteiger partial charge in [0.15, 0.2) is 0 Å². The summed E-state index contributed by atoms with van der Waals surface area (Å²) in [5, 5.41) is 2.99. The van der Waals surface area contributed by atoms with Gasteiger partial charge in [-0.1, -0.05) is 92.2 Å². The van der Waals surface area contributed by atoms with Crippen LogP contribution in [0.2, 0.25) is 0 Å². The van der Waals surface area contributed by atoms with Crippen molar-refractivity contribution in [2.24, 2.45) is 5.92 Å². The molecule has 0 fully saturated rings. The molecule has 0 radical (unpaired) electrons. The predicted octanol–water partition coefficient (Wildman–Crippen LogP) is 5.78. The fraction of sp³-hybridized carbons (Fsp3) is 0.333. The fourth-order valence-electron chi connectivity index (χ4n) is 3.81. The largest absolute Gasteiger partial charge is 0.354 e. The molecule has 2 amide bonds. The van der Waals surface area contributed by atoms with Gasteiger partial charge in [0.2, 0.25) is 11.8 Å². The Kier molecular flexibility index (Phi) is 10.6. The Morgan fingerprint density at radius 1 is 0.917 bits per heavy atom. The summed E-state index contributed by atoms with van der Waals surface area (Å²) in [5.74, 6) is 0.362. The van der Waals surface area contributed by atoms with Crippen LogP contribution in [-0.4, -0.2) is 35.1 Å². The second-order valence-electron chi connectivity index (χ2n) is 9.44. The monoisotopic (exact) mass is 506 g/mol. The van der Waals surface area contributed by atoms with Gasteiger partial charge in [-0.05, 0) is 30.0 Å². The summed E-state index contributed by atoms with van der Waals surface area (Å²) < 4.78 is 14.6. The molecule has 3 rings (SSSR count). The number of rotatable bonds is 12. The summed E-state index contributed by atoms with van der Waals surface area (Å²) in [5.41, 5.74) is 3.66. The van der Waals surface area contributed by atoms with Gasteiger partial charge in [0, 0.05) is 30.8 Å². The van der Waals surface area contributed by atoms with Crippen molar-refractivity contribution in [3.63, 3.8) is 0 Å². The summed E-state index contributed by atoms with van der Waals surface area (Å²) in [6, 6.07) is 23.5. The maximum absolute atomic E-state index is 14.6. The van der Waals surface area contributed by atoms with Crippen molar-refractivity contribution in [1.82, 2.24) is 10.2 Å². The Labute approximate surface area is 218 Å². The van der Waals surface area contributed by atoms with E-state index < -0.39 is 6.04 Å². The minimum Gasteiger partial charge on any atom is -0.354 e. The lowest BCUT2D eigenvalue weighted by atomic mass is 10.0. The molecule has 4 nitrogen and oxygen atoms in total. The highest BCUT2D eigenvalue weighted by Crippen LogP contribution is 2.20. The van der Waals surface area contributed by atoms with Crippen LogP contribution in [0.25, 0.3) is 0 Å². The van der Waals surface area contributed by atoms with Crippen molar-refractivity contribution >= 4 is 23.6 Å². The van der Waals surface area contributed by atoms with Gasteiger partial charge < -0.3 is 10.2 Å². The number of hydrogen-bond donors (Lipinski definition) is 1. The first-order valence-electron chi connectivity index (χ1n) is 12.3.